The second kappa shape index (κ2) is 6.99. The van der Waals surface area contributed by atoms with E-state index in [0.29, 0.717) is 16.9 Å². The molecule has 0 atom stereocenters. The Bertz CT molecular complexity index is 1100. The number of carbonyl (C=O) groups is 1. The lowest BCUT2D eigenvalue weighted by molar-refractivity contribution is 0.0561. The molecule has 4 rings (SSSR count). The van der Waals surface area contributed by atoms with E-state index < -0.39 is 12.5 Å². The lowest BCUT2D eigenvalue weighted by atomic mass is 10.0. The Morgan fingerprint density at radius 3 is 2.74 bits per heavy atom. The van der Waals surface area contributed by atoms with Gasteiger partial charge in [-0.15, -0.1) is 0 Å². The number of hydrogen-bond donors (Lipinski definition) is 1. The van der Waals surface area contributed by atoms with Crippen LogP contribution in [0.3, 0.4) is 0 Å². The molecule has 0 aliphatic carbocycles. The smallest absolute Gasteiger partial charge is 0.318 e. The Morgan fingerprint density at radius 2 is 1.93 bits per heavy atom. The highest BCUT2D eigenvalue weighted by Gasteiger charge is 2.14. The van der Waals surface area contributed by atoms with Crippen molar-refractivity contribution in [2.75, 3.05) is 5.32 Å². The highest BCUT2D eigenvalue weighted by molar-refractivity contribution is 6.02. The molecule has 0 fully saturated rings. The average Bonchev–Trinajstić information content (AvgIpc) is 3.32. The Hall–Kier alpha value is -3.55. The SMILES string of the molecule is O=C(Nc1cnn(Cc2cccc3ccccc23)c1)c1ccn(C(F)F)n1. The summed E-state index contributed by atoms with van der Waals surface area (Å²) in [6, 6.07) is 15.4. The highest BCUT2D eigenvalue weighted by atomic mass is 19.3. The molecule has 6 nitrogen and oxygen atoms in total. The van der Waals surface area contributed by atoms with Gasteiger partial charge in [-0.05, 0) is 22.4 Å². The fraction of sp³-hybridized carbons (Fsp3) is 0.105. The first-order valence-electron chi connectivity index (χ1n) is 8.24. The number of anilines is 1. The second-order valence-corrected chi connectivity index (χ2v) is 5.98. The first-order chi connectivity index (χ1) is 13.1. The van der Waals surface area contributed by atoms with Crippen molar-refractivity contribution >= 4 is 22.4 Å². The summed E-state index contributed by atoms with van der Waals surface area (Å²) in [5, 5.41) is 12.7. The Morgan fingerprint density at radius 1 is 1.11 bits per heavy atom. The van der Waals surface area contributed by atoms with Gasteiger partial charge in [0.05, 0.1) is 18.4 Å². The Balaban J connectivity index is 1.49. The van der Waals surface area contributed by atoms with E-state index in [1.807, 2.05) is 36.4 Å². The van der Waals surface area contributed by atoms with Gasteiger partial charge in [-0.3, -0.25) is 9.48 Å². The molecular weight excluding hydrogens is 352 g/mol. The molecule has 2 aromatic heterocycles. The van der Waals surface area contributed by atoms with Gasteiger partial charge < -0.3 is 5.32 Å². The van der Waals surface area contributed by atoms with E-state index in [1.165, 1.54) is 12.3 Å². The molecule has 2 aromatic carbocycles. The number of aromatic nitrogens is 4. The van der Waals surface area contributed by atoms with Crippen LogP contribution in [0.4, 0.5) is 14.5 Å². The van der Waals surface area contributed by atoms with Crippen LogP contribution in [-0.2, 0) is 6.54 Å². The van der Waals surface area contributed by atoms with Crippen molar-refractivity contribution in [1.29, 1.82) is 0 Å². The van der Waals surface area contributed by atoms with Gasteiger partial charge in [0.2, 0.25) is 0 Å². The van der Waals surface area contributed by atoms with E-state index in [4.69, 9.17) is 0 Å². The van der Waals surface area contributed by atoms with E-state index >= 15 is 0 Å². The number of fused-ring (bicyclic) bond motifs is 1. The number of alkyl halides is 2. The van der Waals surface area contributed by atoms with E-state index in [-0.39, 0.29) is 5.69 Å². The van der Waals surface area contributed by atoms with E-state index in [9.17, 15) is 13.6 Å². The zero-order valence-corrected chi connectivity index (χ0v) is 14.1. The molecule has 1 N–H and O–H groups in total. The van der Waals surface area contributed by atoms with Gasteiger partial charge in [-0.25, -0.2) is 4.68 Å². The van der Waals surface area contributed by atoms with Crippen LogP contribution in [0.15, 0.2) is 67.1 Å². The van der Waals surface area contributed by atoms with Crippen LogP contribution in [0, 0.1) is 0 Å². The summed E-state index contributed by atoms with van der Waals surface area (Å²) in [6.45, 7) is -2.24. The van der Waals surface area contributed by atoms with Crippen LogP contribution in [0.1, 0.15) is 22.6 Å². The van der Waals surface area contributed by atoms with Gasteiger partial charge in [0.15, 0.2) is 5.69 Å². The molecule has 0 spiro atoms. The lowest BCUT2D eigenvalue weighted by Crippen LogP contribution is -2.13. The first kappa shape index (κ1) is 16.9. The molecule has 0 unspecified atom stereocenters. The van der Waals surface area contributed by atoms with Crippen LogP contribution in [-0.4, -0.2) is 25.5 Å². The molecule has 0 saturated heterocycles. The van der Waals surface area contributed by atoms with Gasteiger partial charge in [-0.1, -0.05) is 42.5 Å². The molecule has 1 amide bonds. The Kier molecular flexibility index (Phi) is 4.37. The van der Waals surface area contributed by atoms with Crippen molar-refractivity contribution in [2.24, 2.45) is 0 Å². The number of hydrogen-bond acceptors (Lipinski definition) is 3. The standard InChI is InChI=1S/C19H15F2N5O/c20-19(21)26-9-8-17(24-26)18(27)23-15-10-22-25(12-15)11-14-6-3-5-13-4-1-2-7-16(13)14/h1-10,12,19H,11H2,(H,23,27). The molecule has 0 bridgehead atoms. The predicted octanol–water partition coefficient (Wildman–Crippen LogP) is 3.93. The van der Waals surface area contributed by atoms with Crippen LogP contribution in [0.25, 0.3) is 10.8 Å². The van der Waals surface area contributed by atoms with Crippen molar-refractivity contribution in [3.05, 3.63) is 78.4 Å². The second-order valence-electron chi connectivity index (χ2n) is 5.98. The van der Waals surface area contributed by atoms with Crippen LogP contribution in [0.5, 0.6) is 0 Å². The zero-order valence-electron chi connectivity index (χ0n) is 14.1. The fourth-order valence-corrected chi connectivity index (χ4v) is 2.88. The van der Waals surface area contributed by atoms with Crippen molar-refractivity contribution in [3.8, 4) is 0 Å². The lowest BCUT2D eigenvalue weighted by Gasteiger charge is -2.06. The molecule has 0 radical (unpaired) electrons. The number of amides is 1. The summed E-state index contributed by atoms with van der Waals surface area (Å²) in [5.74, 6) is -0.570. The van der Waals surface area contributed by atoms with Crippen LogP contribution < -0.4 is 5.32 Å². The predicted molar refractivity (Wildman–Crippen MR) is 96.7 cm³/mol. The van der Waals surface area contributed by atoms with E-state index in [1.54, 1.807) is 10.9 Å². The van der Waals surface area contributed by atoms with Crippen molar-refractivity contribution in [2.45, 2.75) is 13.1 Å². The summed E-state index contributed by atoms with van der Waals surface area (Å²) in [4.78, 5) is 12.1. The molecule has 8 heteroatoms. The average molecular weight is 367 g/mol. The number of nitrogens with zero attached hydrogens (tertiary/aromatic N) is 4. The molecule has 2 heterocycles. The molecule has 0 aliphatic rings. The van der Waals surface area contributed by atoms with Gasteiger partial charge >= 0.3 is 6.55 Å². The third-order valence-electron chi connectivity index (χ3n) is 4.14. The number of halogens is 2. The van der Waals surface area contributed by atoms with Crippen LogP contribution >= 0.6 is 0 Å². The maximum absolute atomic E-state index is 12.5. The Labute approximate surface area is 153 Å². The third kappa shape index (κ3) is 3.55. The third-order valence-corrected chi connectivity index (χ3v) is 4.14. The minimum absolute atomic E-state index is 0.0860. The van der Waals surface area contributed by atoms with Gasteiger partial charge in [0.25, 0.3) is 5.91 Å². The maximum atomic E-state index is 12.5. The van der Waals surface area contributed by atoms with Gasteiger partial charge in [0.1, 0.15) is 0 Å². The normalized spacial score (nSPS) is 11.2. The molecule has 136 valence electrons. The van der Waals surface area contributed by atoms with Crippen molar-refractivity contribution in [1.82, 2.24) is 19.6 Å². The number of carbonyl (C=O) groups excluding carboxylic acids is 1. The van der Waals surface area contributed by atoms with Crippen molar-refractivity contribution < 1.29 is 13.6 Å². The monoisotopic (exact) mass is 367 g/mol. The molecule has 4 aromatic rings. The quantitative estimate of drug-likeness (QED) is 0.581. The van der Waals surface area contributed by atoms with E-state index in [2.05, 4.69) is 21.6 Å². The zero-order chi connectivity index (χ0) is 18.8. The molecular formula is C19H15F2N5O. The summed E-state index contributed by atoms with van der Waals surface area (Å²) >= 11 is 0. The summed E-state index contributed by atoms with van der Waals surface area (Å²) in [7, 11) is 0. The topological polar surface area (TPSA) is 64.7 Å². The highest BCUT2D eigenvalue weighted by Crippen LogP contribution is 2.20. The number of benzene rings is 2. The number of nitrogens with one attached hydrogen (secondary N) is 1. The fourth-order valence-electron chi connectivity index (χ4n) is 2.88. The molecule has 27 heavy (non-hydrogen) atoms. The van der Waals surface area contributed by atoms with Crippen molar-refractivity contribution in [3.63, 3.8) is 0 Å². The number of rotatable bonds is 5. The summed E-state index contributed by atoms with van der Waals surface area (Å²) < 4.78 is 27.2. The first-order valence-corrected chi connectivity index (χ1v) is 8.24. The minimum Gasteiger partial charge on any atom is -0.318 e. The van der Waals surface area contributed by atoms with Gasteiger partial charge in [-0.2, -0.15) is 19.0 Å². The largest absolute Gasteiger partial charge is 0.333 e. The van der Waals surface area contributed by atoms with E-state index in [0.717, 1.165) is 22.5 Å². The maximum Gasteiger partial charge on any atom is 0.333 e. The molecule has 0 aliphatic heterocycles. The summed E-state index contributed by atoms with van der Waals surface area (Å²) in [5.41, 5.74) is 1.48. The summed E-state index contributed by atoms with van der Waals surface area (Å²) in [6.07, 6.45) is 4.25. The minimum atomic E-state index is -2.78. The van der Waals surface area contributed by atoms with Gasteiger partial charge in [0, 0.05) is 12.4 Å². The van der Waals surface area contributed by atoms with Crippen LogP contribution in [0.2, 0.25) is 0 Å². The molecule has 0 saturated carbocycles.